The second-order valence-electron chi connectivity index (χ2n) is 15.1. The summed E-state index contributed by atoms with van der Waals surface area (Å²) in [5.74, 6) is 2.88. The van der Waals surface area contributed by atoms with Gasteiger partial charge in [-0.25, -0.2) is 0 Å². The molecule has 3 heteroatoms. The van der Waals surface area contributed by atoms with Crippen LogP contribution in [0.2, 0.25) is 0 Å². The Hall–Kier alpha value is -1.12. The van der Waals surface area contributed by atoms with Crippen LogP contribution in [0.5, 0.6) is 0 Å². The minimum Gasteiger partial charge on any atom is -0.462 e. The first kappa shape index (κ1) is 25.5. The fraction of sp³-hybridized carbons (Fsp3) is 0.875. The van der Waals surface area contributed by atoms with Crippen LogP contribution < -0.4 is 0 Å². The third-order valence-electron chi connectivity index (χ3n) is 13.6. The Morgan fingerprint density at radius 1 is 0.914 bits per heavy atom. The highest BCUT2D eigenvalue weighted by Gasteiger charge is 2.69. The van der Waals surface area contributed by atoms with Crippen LogP contribution >= 0.6 is 0 Å². The molecule has 5 aliphatic rings. The Balaban J connectivity index is 1.50. The first-order valence-corrected chi connectivity index (χ1v) is 14.6. The van der Waals surface area contributed by atoms with Crippen LogP contribution in [-0.4, -0.2) is 18.4 Å². The maximum absolute atomic E-state index is 11.9. The summed E-state index contributed by atoms with van der Waals surface area (Å²) < 4.78 is 5.90. The van der Waals surface area contributed by atoms with Gasteiger partial charge in [0.1, 0.15) is 12.4 Å². The van der Waals surface area contributed by atoms with E-state index in [0.717, 1.165) is 30.6 Å². The lowest BCUT2D eigenvalue weighted by molar-refractivity contribution is -0.252. The Labute approximate surface area is 214 Å². The summed E-state index contributed by atoms with van der Waals surface area (Å²) >= 11 is 0. The second-order valence-corrected chi connectivity index (χ2v) is 15.1. The van der Waals surface area contributed by atoms with Crippen LogP contribution in [0, 0.1) is 56.7 Å². The molecule has 0 aromatic rings. The molecule has 5 aliphatic carbocycles. The van der Waals surface area contributed by atoms with Crippen molar-refractivity contribution in [2.45, 2.75) is 119 Å². The fourth-order valence-electron chi connectivity index (χ4n) is 11.7. The molecule has 35 heavy (non-hydrogen) atoms. The Morgan fingerprint density at radius 2 is 1.63 bits per heavy atom. The van der Waals surface area contributed by atoms with Gasteiger partial charge in [-0.05, 0) is 115 Å². The molecule has 0 N–H and O–H groups in total. The quantitative estimate of drug-likeness (QED) is 0.298. The van der Waals surface area contributed by atoms with Gasteiger partial charge < -0.3 is 4.74 Å². The van der Waals surface area contributed by atoms with Crippen molar-refractivity contribution in [2.24, 2.45) is 56.7 Å². The van der Waals surface area contributed by atoms with Crippen LogP contribution in [0.15, 0.2) is 11.6 Å². The van der Waals surface area contributed by atoms with Gasteiger partial charge in [0.15, 0.2) is 0 Å². The summed E-state index contributed by atoms with van der Waals surface area (Å²) in [6.45, 7) is 19.1. The molecule has 0 aromatic carbocycles. The number of carbonyl (C=O) groups excluding carboxylic acids is 2. The van der Waals surface area contributed by atoms with E-state index in [-0.39, 0.29) is 17.5 Å². The van der Waals surface area contributed by atoms with Gasteiger partial charge in [0, 0.05) is 12.3 Å². The number of esters is 1. The first-order valence-electron chi connectivity index (χ1n) is 14.6. The highest BCUT2D eigenvalue weighted by Crippen LogP contribution is 2.76. The van der Waals surface area contributed by atoms with E-state index in [0.29, 0.717) is 45.3 Å². The zero-order valence-electron chi connectivity index (χ0n) is 23.7. The predicted octanol–water partition coefficient (Wildman–Crippen LogP) is 7.77. The Kier molecular flexibility index (Phi) is 5.79. The van der Waals surface area contributed by atoms with Crippen LogP contribution in [0.4, 0.5) is 0 Å². The third-order valence-corrected chi connectivity index (χ3v) is 13.6. The third kappa shape index (κ3) is 3.27. The molecule has 0 aliphatic heterocycles. The normalized spacial score (nSPS) is 52.6. The van der Waals surface area contributed by atoms with Gasteiger partial charge >= 0.3 is 5.97 Å². The highest BCUT2D eigenvalue weighted by molar-refractivity contribution is 5.74. The smallest absolute Gasteiger partial charge is 0.302 e. The summed E-state index contributed by atoms with van der Waals surface area (Å²) in [5.41, 5.74) is 2.37. The van der Waals surface area contributed by atoms with E-state index in [9.17, 15) is 9.59 Å². The number of rotatable bonds is 2. The van der Waals surface area contributed by atoms with Crippen molar-refractivity contribution in [1.82, 2.24) is 0 Å². The summed E-state index contributed by atoms with van der Waals surface area (Å²) in [6, 6.07) is 0. The molecule has 4 fully saturated rings. The molecule has 10 atom stereocenters. The molecule has 196 valence electrons. The summed E-state index contributed by atoms with van der Waals surface area (Å²) in [6.07, 6.45) is 14.5. The number of hydrogen-bond acceptors (Lipinski definition) is 3. The van der Waals surface area contributed by atoms with Gasteiger partial charge in [-0.2, -0.15) is 0 Å². The van der Waals surface area contributed by atoms with Crippen molar-refractivity contribution in [3.8, 4) is 0 Å². The molecule has 0 saturated heterocycles. The van der Waals surface area contributed by atoms with E-state index in [1.54, 1.807) is 6.92 Å². The maximum atomic E-state index is 11.9. The molecule has 0 heterocycles. The number of fused-ring (bicyclic) bond motifs is 7. The second kappa shape index (κ2) is 7.94. The predicted molar refractivity (Wildman–Crippen MR) is 141 cm³/mol. The molecule has 0 unspecified atom stereocenters. The van der Waals surface area contributed by atoms with Crippen molar-refractivity contribution >= 4 is 12.3 Å². The van der Waals surface area contributed by atoms with E-state index in [1.807, 2.05) is 0 Å². The minimum atomic E-state index is -0.129. The van der Waals surface area contributed by atoms with Crippen molar-refractivity contribution in [1.29, 1.82) is 0 Å². The topological polar surface area (TPSA) is 43.4 Å². The summed E-state index contributed by atoms with van der Waals surface area (Å²) in [7, 11) is 0. The first-order chi connectivity index (χ1) is 16.2. The van der Waals surface area contributed by atoms with Gasteiger partial charge in [0.25, 0.3) is 0 Å². The van der Waals surface area contributed by atoms with Crippen LogP contribution in [0.3, 0.4) is 0 Å². The molecule has 4 saturated carbocycles. The van der Waals surface area contributed by atoms with Gasteiger partial charge in [-0.15, -0.1) is 0 Å². The van der Waals surface area contributed by atoms with E-state index in [2.05, 4.69) is 54.5 Å². The molecule has 0 spiro atoms. The largest absolute Gasteiger partial charge is 0.462 e. The molecule has 0 aromatic heterocycles. The van der Waals surface area contributed by atoms with Crippen molar-refractivity contribution in [3.63, 3.8) is 0 Å². The van der Waals surface area contributed by atoms with Gasteiger partial charge in [0.05, 0.1) is 0 Å². The van der Waals surface area contributed by atoms with Crippen molar-refractivity contribution in [2.75, 3.05) is 0 Å². The average molecular weight is 483 g/mol. The van der Waals surface area contributed by atoms with E-state index < -0.39 is 0 Å². The Morgan fingerprint density at radius 3 is 2.29 bits per heavy atom. The monoisotopic (exact) mass is 482 g/mol. The van der Waals surface area contributed by atoms with Crippen molar-refractivity contribution in [3.05, 3.63) is 11.6 Å². The number of hydrogen-bond donors (Lipinski definition) is 0. The van der Waals surface area contributed by atoms with Gasteiger partial charge in [-0.3, -0.25) is 9.59 Å². The number of allylic oxidation sites excluding steroid dienone is 2. The Bertz CT molecular complexity index is 933. The standard InChI is InChI=1S/C32H50O3/c1-20-22(19-33)11-14-29(5)17-18-31(7)23(27(20)29)9-10-25-30(6)15-13-26(35-21(2)34)28(3,4)24(30)12-16-32(25,31)8/h11,19-20,23-27H,9-10,12-18H2,1-8H3/t20-,23-,24+,25-,26+,27-,29-,30+,31-,32-/m1/s1. The molecule has 5 rings (SSSR count). The lowest BCUT2D eigenvalue weighted by Gasteiger charge is -2.73. The lowest BCUT2D eigenvalue weighted by Crippen LogP contribution is -2.67. The number of aldehydes is 1. The summed E-state index contributed by atoms with van der Waals surface area (Å²) in [5, 5.41) is 0. The average Bonchev–Trinajstić information content (AvgIpc) is 2.76. The molecule has 0 radical (unpaired) electrons. The van der Waals surface area contributed by atoms with Crippen LogP contribution in [0.25, 0.3) is 0 Å². The number of carbonyl (C=O) groups is 2. The lowest BCUT2D eigenvalue weighted by atomic mass is 9.31. The fourth-order valence-corrected chi connectivity index (χ4v) is 11.7. The molecule has 3 nitrogen and oxygen atoms in total. The van der Waals surface area contributed by atoms with Crippen LogP contribution in [0.1, 0.15) is 113 Å². The summed E-state index contributed by atoms with van der Waals surface area (Å²) in [4.78, 5) is 23.8. The molecule has 0 amide bonds. The van der Waals surface area contributed by atoms with Gasteiger partial charge in [-0.1, -0.05) is 54.5 Å². The number of ether oxygens (including phenoxy) is 1. The van der Waals surface area contributed by atoms with Gasteiger partial charge in [0.2, 0.25) is 0 Å². The van der Waals surface area contributed by atoms with Crippen LogP contribution in [-0.2, 0) is 14.3 Å². The molecular formula is C32H50O3. The molecular weight excluding hydrogens is 432 g/mol. The zero-order valence-corrected chi connectivity index (χ0v) is 23.7. The van der Waals surface area contributed by atoms with E-state index >= 15 is 0 Å². The molecule has 0 bridgehead atoms. The maximum Gasteiger partial charge on any atom is 0.302 e. The highest BCUT2D eigenvalue weighted by atomic mass is 16.5. The minimum absolute atomic E-state index is 0.0183. The van der Waals surface area contributed by atoms with E-state index in [1.165, 1.54) is 44.9 Å². The zero-order chi connectivity index (χ0) is 25.6. The van der Waals surface area contributed by atoms with E-state index in [4.69, 9.17) is 4.74 Å². The van der Waals surface area contributed by atoms with Crippen molar-refractivity contribution < 1.29 is 14.3 Å². The SMILES string of the molecule is CC(=O)O[C@H]1CC[C@]2(C)[C@H]3CC[C@@H]4[C@H]5[C@H](C)C(C=O)=CC[C@]5(C)CC[C@@]4(C)[C@]3(C)CC[C@H]2C1(C)C.